The lowest BCUT2D eigenvalue weighted by Crippen LogP contribution is -2.54. The summed E-state index contributed by atoms with van der Waals surface area (Å²) in [4.78, 5) is 30.2. The van der Waals surface area contributed by atoms with Crippen LogP contribution in [0.3, 0.4) is 0 Å². The molecule has 3 amide bonds. The number of likely N-dealkylation sites (tertiary alicyclic amines) is 1. The van der Waals surface area contributed by atoms with Crippen molar-refractivity contribution in [2.24, 2.45) is 0 Å². The third-order valence-electron chi connectivity index (χ3n) is 4.96. The summed E-state index contributed by atoms with van der Waals surface area (Å²) in [6, 6.07) is 4.12. The lowest BCUT2D eigenvalue weighted by atomic mass is 9.88. The zero-order valence-electron chi connectivity index (χ0n) is 14.4. The molecule has 2 aliphatic heterocycles. The number of rotatable bonds is 4. The predicted octanol–water partition coefficient (Wildman–Crippen LogP) is 1.88. The third kappa shape index (κ3) is 3.49. The van der Waals surface area contributed by atoms with Crippen LogP contribution < -0.4 is 5.32 Å². The molecule has 0 atom stereocenters. The molecule has 136 valence electrons. The zero-order chi connectivity index (χ0) is 18.2. The number of nitrogens with one attached hydrogen (secondary N) is 1. The maximum atomic E-state index is 13.9. The maximum Gasteiger partial charge on any atom is 0.326 e. The molecule has 2 heterocycles. The van der Waals surface area contributed by atoms with Gasteiger partial charge in [-0.1, -0.05) is 17.7 Å². The van der Waals surface area contributed by atoms with E-state index in [1.807, 2.05) is 7.05 Å². The second-order valence-corrected chi connectivity index (χ2v) is 7.31. The highest BCUT2D eigenvalue weighted by atomic mass is 35.5. The minimum absolute atomic E-state index is 0.0902. The predicted molar refractivity (Wildman–Crippen MR) is 92.6 cm³/mol. The van der Waals surface area contributed by atoms with E-state index in [0.29, 0.717) is 23.4 Å². The second-order valence-electron chi connectivity index (χ2n) is 6.90. The second kappa shape index (κ2) is 6.90. The normalized spacial score (nSPS) is 20.6. The molecular formula is C17H22ClFN4O2. The standard InChI is InChI=1S/C17H22ClFN4O2/c1-21-8-6-17(7-9-21)15(24)23(16(25)20-17)11-22(2)10-12-13(18)4-3-5-14(12)19/h3-5H,6-11H2,1-2H3,(H,20,25). The first-order valence-corrected chi connectivity index (χ1v) is 8.64. The van der Waals surface area contributed by atoms with Gasteiger partial charge in [-0.15, -0.1) is 0 Å². The molecule has 2 saturated heterocycles. The van der Waals surface area contributed by atoms with E-state index in [-0.39, 0.29) is 25.2 Å². The molecule has 8 heteroatoms. The van der Waals surface area contributed by atoms with Crippen LogP contribution in [0.4, 0.5) is 9.18 Å². The van der Waals surface area contributed by atoms with Gasteiger partial charge in [-0.3, -0.25) is 9.69 Å². The van der Waals surface area contributed by atoms with Crippen molar-refractivity contribution in [3.05, 3.63) is 34.6 Å². The number of nitrogens with zero attached hydrogens (tertiary/aromatic N) is 3. The van der Waals surface area contributed by atoms with Gasteiger partial charge in [0.2, 0.25) is 0 Å². The summed E-state index contributed by atoms with van der Waals surface area (Å²) in [5.74, 6) is -0.597. The van der Waals surface area contributed by atoms with Crippen molar-refractivity contribution in [3.63, 3.8) is 0 Å². The minimum atomic E-state index is -0.792. The fraction of sp³-hybridized carbons (Fsp3) is 0.529. The summed E-state index contributed by atoms with van der Waals surface area (Å²) < 4.78 is 13.9. The number of hydrogen-bond donors (Lipinski definition) is 1. The van der Waals surface area contributed by atoms with Crippen molar-refractivity contribution in [1.82, 2.24) is 20.0 Å². The molecule has 1 N–H and O–H groups in total. The summed E-state index contributed by atoms with van der Waals surface area (Å²) in [6.07, 6.45) is 1.21. The van der Waals surface area contributed by atoms with Gasteiger partial charge in [0.25, 0.3) is 5.91 Å². The van der Waals surface area contributed by atoms with Crippen LogP contribution in [0, 0.1) is 5.82 Å². The van der Waals surface area contributed by atoms with E-state index in [0.717, 1.165) is 13.1 Å². The highest BCUT2D eigenvalue weighted by Gasteiger charge is 2.52. The maximum absolute atomic E-state index is 13.9. The van der Waals surface area contributed by atoms with E-state index < -0.39 is 11.4 Å². The fourth-order valence-corrected chi connectivity index (χ4v) is 3.61. The third-order valence-corrected chi connectivity index (χ3v) is 5.31. The molecule has 1 aromatic rings. The van der Waals surface area contributed by atoms with E-state index in [9.17, 15) is 14.0 Å². The number of carbonyl (C=O) groups is 2. The quantitative estimate of drug-likeness (QED) is 0.824. The molecule has 0 aliphatic carbocycles. The average Bonchev–Trinajstić information content (AvgIpc) is 2.79. The van der Waals surface area contributed by atoms with E-state index in [2.05, 4.69) is 10.2 Å². The van der Waals surface area contributed by atoms with E-state index in [4.69, 9.17) is 11.6 Å². The topological polar surface area (TPSA) is 55.9 Å². The van der Waals surface area contributed by atoms with Crippen molar-refractivity contribution in [2.45, 2.75) is 24.9 Å². The first-order valence-electron chi connectivity index (χ1n) is 8.26. The smallest absolute Gasteiger partial charge is 0.323 e. The van der Waals surface area contributed by atoms with Crippen LogP contribution in [0.1, 0.15) is 18.4 Å². The fourth-order valence-electron chi connectivity index (χ4n) is 3.39. The SMILES string of the molecule is CN1CCC2(CC1)NC(=O)N(CN(C)Cc1c(F)cccc1Cl)C2=O. The Hall–Kier alpha value is -1.70. The van der Waals surface area contributed by atoms with Gasteiger partial charge in [-0.05, 0) is 39.1 Å². The number of benzene rings is 1. The Morgan fingerprint density at radius 1 is 1.32 bits per heavy atom. The summed E-state index contributed by atoms with van der Waals surface area (Å²) in [6.45, 7) is 1.83. The van der Waals surface area contributed by atoms with Gasteiger partial charge in [0.15, 0.2) is 0 Å². The molecule has 0 aromatic heterocycles. The summed E-state index contributed by atoms with van der Waals surface area (Å²) in [7, 11) is 3.72. The van der Waals surface area contributed by atoms with Crippen LogP contribution in [0.5, 0.6) is 0 Å². The summed E-state index contributed by atoms with van der Waals surface area (Å²) in [5, 5.41) is 3.20. The van der Waals surface area contributed by atoms with Crippen LogP contribution in [-0.4, -0.2) is 66.0 Å². The molecule has 25 heavy (non-hydrogen) atoms. The van der Waals surface area contributed by atoms with E-state index in [1.54, 1.807) is 24.1 Å². The van der Waals surface area contributed by atoms with Gasteiger partial charge in [0, 0.05) is 30.2 Å². The van der Waals surface area contributed by atoms with Crippen molar-refractivity contribution < 1.29 is 14.0 Å². The van der Waals surface area contributed by atoms with Gasteiger partial charge in [-0.2, -0.15) is 0 Å². The van der Waals surface area contributed by atoms with Crippen molar-refractivity contribution in [3.8, 4) is 0 Å². The molecule has 1 aromatic carbocycles. The van der Waals surface area contributed by atoms with Crippen LogP contribution in [-0.2, 0) is 11.3 Å². The zero-order valence-corrected chi connectivity index (χ0v) is 15.1. The number of halogens is 2. The summed E-state index contributed by atoms with van der Waals surface area (Å²) in [5.41, 5.74) is -0.437. The highest BCUT2D eigenvalue weighted by molar-refractivity contribution is 6.31. The minimum Gasteiger partial charge on any atom is -0.323 e. The molecule has 2 fully saturated rings. The first kappa shape index (κ1) is 18.1. The Morgan fingerprint density at radius 3 is 2.64 bits per heavy atom. The largest absolute Gasteiger partial charge is 0.326 e. The monoisotopic (exact) mass is 368 g/mol. The van der Waals surface area contributed by atoms with Gasteiger partial charge in [0.1, 0.15) is 11.4 Å². The molecule has 3 rings (SSSR count). The molecule has 0 saturated carbocycles. The average molecular weight is 369 g/mol. The van der Waals surface area contributed by atoms with Crippen LogP contribution >= 0.6 is 11.6 Å². The molecular weight excluding hydrogens is 347 g/mol. The number of urea groups is 1. The van der Waals surface area contributed by atoms with E-state index in [1.165, 1.54) is 11.0 Å². The van der Waals surface area contributed by atoms with Gasteiger partial charge in [-0.25, -0.2) is 14.1 Å². The number of imide groups is 1. The number of hydrogen-bond acceptors (Lipinski definition) is 4. The molecule has 0 unspecified atom stereocenters. The highest BCUT2D eigenvalue weighted by Crippen LogP contribution is 2.29. The molecule has 1 spiro atoms. The Labute approximate surface area is 151 Å². The van der Waals surface area contributed by atoms with Crippen molar-refractivity contribution in [2.75, 3.05) is 33.9 Å². The van der Waals surface area contributed by atoms with Crippen molar-refractivity contribution >= 4 is 23.5 Å². The van der Waals surface area contributed by atoms with Gasteiger partial charge in [0.05, 0.1) is 6.67 Å². The van der Waals surface area contributed by atoms with Crippen LogP contribution in [0.2, 0.25) is 5.02 Å². The molecule has 2 aliphatic rings. The first-order chi connectivity index (χ1) is 11.8. The van der Waals surface area contributed by atoms with Crippen LogP contribution in [0.25, 0.3) is 0 Å². The number of piperidine rings is 1. The van der Waals surface area contributed by atoms with Gasteiger partial charge >= 0.3 is 6.03 Å². The molecule has 6 nitrogen and oxygen atoms in total. The Bertz CT molecular complexity index is 671. The van der Waals surface area contributed by atoms with Crippen LogP contribution in [0.15, 0.2) is 18.2 Å². The lowest BCUT2D eigenvalue weighted by molar-refractivity contribution is -0.134. The Morgan fingerprint density at radius 2 is 2.00 bits per heavy atom. The van der Waals surface area contributed by atoms with Crippen molar-refractivity contribution in [1.29, 1.82) is 0 Å². The Balaban J connectivity index is 1.68. The lowest BCUT2D eigenvalue weighted by Gasteiger charge is -2.35. The molecule has 0 bridgehead atoms. The summed E-state index contributed by atoms with van der Waals surface area (Å²) >= 11 is 6.05. The van der Waals surface area contributed by atoms with E-state index >= 15 is 0 Å². The van der Waals surface area contributed by atoms with Gasteiger partial charge < -0.3 is 10.2 Å². The number of amides is 3. The number of carbonyl (C=O) groups excluding carboxylic acids is 2. The molecule has 0 radical (unpaired) electrons. The Kier molecular flexibility index (Phi) is 4.99.